The summed E-state index contributed by atoms with van der Waals surface area (Å²) in [5.74, 6) is 1.02. The first-order chi connectivity index (χ1) is 20.2. The molecule has 2 amide bonds. The van der Waals surface area contributed by atoms with Gasteiger partial charge < -0.3 is 19.9 Å². The zero-order valence-corrected chi connectivity index (χ0v) is 25.4. The molecule has 41 heavy (non-hydrogen) atoms. The van der Waals surface area contributed by atoms with Gasteiger partial charge in [0, 0.05) is 32.6 Å². The molecular formula is C31H53N7O3. The molecule has 10 heteroatoms. The Balaban J connectivity index is 1.05. The van der Waals surface area contributed by atoms with E-state index < -0.39 is 0 Å². The summed E-state index contributed by atoms with van der Waals surface area (Å²) in [6.45, 7) is 6.52. The van der Waals surface area contributed by atoms with Crippen LogP contribution in [0.4, 0.5) is 10.7 Å². The molecule has 2 N–H and O–H groups in total. The molecule has 10 nitrogen and oxygen atoms in total. The van der Waals surface area contributed by atoms with E-state index in [0.717, 1.165) is 31.6 Å². The number of hydrogen-bond donors (Lipinski definition) is 2. The van der Waals surface area contributed by atoms with E-state index in [1.54, 1.807) is 4.90 Å². The van der Waals surface area contributed by atoms with E-state index in [1.807, 2.05) is 0 Å². The molecule has 1 saturated heterocycles. The molecule has 230 valence electrons. The predicted octanol–water partition coefficient (Wildman–Crippen LogP) is 5.58. The lowest BCUT2D eigenvalue weighted by molar-refractivity contribution is 0.122. The van der Waals surface area contributed by atoms with Crippen LogP contribution in [-0.4, -0.2) is 69.9 Å². The number of urea groups is 1. The predicted molar refractivity (Wildman–Crippen MR) is 164 cm³/mol. The molecular weight excluding hydrogens is 518 g/mol. The lowest BCUT2D eigenvalue weighted by Crippen LogP contribution is -2.45. The molecule has 0 spiro atoms. The number of unbranched alkanes of at least 4 members (excludes halogenated alkanes) is 15. The number of ether oxygens (including phenoxy) is 1. The van der Waals surface area contributed by atoms with Crippen LogP contribution in [0.5, 0.6) is 0 Å². The summed E-state index contributed by atoms with van der Waals surface area (Å²) in [5, 5.41) is 6.15. The van der Waals surface area contributed by atoms with E-state index in [0.29, 0.717) is 50.0 Å². The summed E-state index contributed by atoms with van der Waals surface area (Å²) < 4.78 is 6.81. The molecule has 0 saturated carbocycles. The minimum absolute atomic E-state index is 0.0975. The fourth-order valence-corrected chi connectivity index (χ4v) is 5.93. The maximum atomic E-state index is 13.2. The lowest BCUT2D eigenvalue weighted by atomic mass is 10.0. The number of nitrogens with one attached hydrogen (secondary N) is 2. The number of morpholine rings is 1. The van der Waals surface area contributed by atoms with Gasteiger partial charge in [0.25, 0.3) is 11.3 Å². The molecule has 1 fully saturated rings. The summed E-state index contributed by atoms with van der Waals surface area (Å²) in [5.41, 5.74) is 1.15. The molecule has 0 bridgehead atoms. The Morgan fingerprint density at radius 1 is 0.829 bits per heavy atom. The standard InChI is InChI=1S/C31H53N7O3/c1-2-3-4-5-6-7-8-9-10-11-12-13-14-15-16-17-19-32-31(40)37-20-18-27-26(25-37)28(39)38-29(33-27)34-30(35-38)36-21-23-41-24-22-36/h2-25H2,1H3,(H,32,40)(H,33,34,35). The number of hydrogen-bond acceptors (Lipinski definition) is 6. The van der Waals surface area contributed by atoms with Crippen LogP contribution in [0.3, 0.4) is 0 Å². The Morgan fingerprint density at radius 2 is 1.41 bits per heavy atom. The van der Waals surface area contributed by atoms with Crippen molar-refractivity contribution in [2.45, 2.75) is 123 Å². The van der Waals surface area contributed by atoms with E-state index >= 15 is 0 Å². The molecule has 2 aliphatic heterocycles. The Labute approximate surface area is 245 Å². The van der Waals surface area contributed by atoms with Gasteiger partial charge in [-0.1, -0.05) is 103 Å². The minimum Gasteiger partial charge on any atom is -0.378 e. The van der Waals surface area contributed by atoms with E-state index in [4.69, 9.17) is 4.74 Å². The number of carbonyl (C=O) groups is 1. The van der Waals surface area contributed by atoms with Crippen molar-refractivity contribution in [3.8, 4) is 0 Å². The molecule has 2 aromatic rings. The van der Waals surface area contributed by atoms with Crippen molar-refractivity contribution < 1.29 is 9.53 Å². The van der Waals surface area contributed by atoms with E-state index in [-0.39, 0.29) is 18.1 Å². The normalized spacial score (nSPS) is 15.4. The highest BCUT2D eigenvalue weighted by Crippen LogP contribution is 2.17. The number of carbonyl (C=O) groups excluding carboxylic acids is 1. The Hall–Kier alpha value is -2.62. The van der Waals surface area contributed by atoms with Gasteiger partial charge >= 0.3 is 6.03 Å². The highest BCUT2D eigenvalue weighted by atomic mass is 16.5. The van der Waals surface area contributed by atoms with E-state index in [9.17, 15) is 9.59 Å². The fourth-order valence-electron chi connectivity index (χ4n) is 5.93. The summed E-state index contributed by atoms with van der Waals surface area (Å²) in [4.78, 5) is 39.0. The largest absolute Gasteiger partial charge is 0.378 e. The number of nitrogens with zero attached hydrogens (tertiary/aromatic N) is 5. The van der Waals surface area contributed by atoms with Gasteiger partial charge in [-0.25, -0.2) is 9.78 Å². The van der Waals surface area contributed by atoms with Gasteiger partial charge in [0.15, 0.2) is 0 Å². The van der Waals surface area contributed by atoms with Crippen LogP contribution < -0.4 is 15.8 Å². The van der Waals surface area contributed by atoms with E-state index in [2.05, 4.69) is 32.2 Å². The number of aromatic amines is 1. The third kappa shape index (κ3) is 9.72. The first kappa shape index (κ1) is 31.3. The highest BCUT2D eigenvalue weighted by molar-refractivity contribution is 5.74. The van der Waals surface area contributed by atoms with Crippen molar-refractivity contribution in [3.05, 3.63) is 21.6 Å². The molecule has 0 aliphatic carbocycles. The SMILES string of the molecule is CCCCCCCCCCCCCCCCCCNC(=O)N1CCc2nc3nc(N4CCOCC4)[nH]n3c(=O)c2C1. The van der Waals surface area contributed by atoms with E-state index in [1.165, 1.54) is 94.4 Å². The first-order valence-corrected chi connectivity index (χ1v) is 16.5. The van der Waals surface area contributed by atoms with Crippen LogP contribution in [0, 0.1) is 0 Å². The van der Waals surface area contributed by atoms with Gasteiger partial charge in [0.05, 0.1) is 31.0 Å². The molecule has 0 aromatic carbocycles. The zero-order chi connectivity index (χ0) is 28.7. The topological polar surface area (TPSA) is 108 Å². The molecule has 0 atom stereocenters. The van der Waals surface area contributed by atoms with Crippen molar-refractivity contribution in [1.29, 1.82) is 0 Å². The quantitative estimate of drug-likeness (QED) is 0.226. The van der Waals surface area contributed by atoms with Crippen LogP contribution in [0.25, 0.3) is 5.78 Å². The van der Waals surface area contributed by atoms with Gasteiger partial charge in [-0.05, 0) is 6.42 Å². The molecule has 0 radical (unpaired) electrons. The van der Waals surface area contributed by atoms with Gasteiger partial charge in [0.2, 0.25) is 5.95 Å². The number of fused-ring (bicyclic) bond motifs is 2. The number of H-pyrrole nitrogens is 1. The first-order valence-electron chi connectivity index (χ1n) is 16.5. The second-order valence-corrected chi connectivity index (χ2v) is 11.8. The van der Waals surface area contributed by atoms with Crippen LogP contribution in [0.1, 0.15) is 121 Å². The highest BCUT2D eigenvalue weighted by Gasteiger charge is 2.26. The van der Waals surface area contributed by atoms with Gasteiger partial charge in [0.1, 0.15) is 0 Å². The lowest BCUT2D eigenvalue weighted by Gasteiger charge is -2.27. The van der Waals surface area contributed by atoms with Crippen LogP contribution in [-0.2, 0) is 17.7 Å². The summed E-state index contributed by atoms with van der Waals surface area (Å²) in [6.07, 6.45) is 22.0. The Bertz CT molecular complexity index is 1110. The summed E-state index contributed by atoms with van der Waals surface area (Å²) in [6, 6.07) is -0.0975. The van der Waals surface area contributed by atoms with Crippen LogP contribution in [0.15, 0.2) is 4.79 Å². The molecule has 4 rings (SSSR count). The number of aromatic nitrogens is 4. The second-order valence-electron chi connectivity index (χ2n) is 11.8. The maximum absolute atomic E-state index is 13.2. The Kier molecular flexibility index (Phi) is 13.3. The fraction of sp³-hybridized carbons (Fsp3) is 0.806. The number of amides is 2. The van der Waals surface area contributed by atoms with Crippen LogP contribution >= 0.6 is 0 Å². The summed E-state index contributed by atoms with van der Waals surface area (Å²) >= 11 is 0. The van der Waals surface area contributed by atoms with Gasteiger partial charge in [-0.2, -0.15) is 9.50 Å². The molecule has 2 aliphatic rings. The zero-order valence-electron chi connectivity index (χ0n) is 25.4. The average Bonchev–Trinajstić information content (AvgIpc) is 3.43. The van der Waals surface area contributed by atoms with Gasteiger partial charge in [-0.15, -0.1) is 0 Å². The van der Waals surface area contributed by atoms with Crippen LogP contribution in [0.2, 0.25) is 0 Å². The molecule has 4 heterocycles. The number of rotatable bonds is 18. The molecule has 0 unspecified atom stereocenters. The summed E-state index contributed by atoms with van der Waals surface area (Å²) in [7, 11) is 0. The third-order valence-electron chi connectivity index (χ3n) is 8.53. The smallest absolute Gasteiger partial charge is 0.317 e. The average molecular weight is 572 g/mol. The molecule has 2 aromatic heterocycles. The van der Waals surface area contributed by atoms with Crippen molar-refractivity contribution >= 4 is 17.8 Å². The van der Waals surface area contributed by atoms with Crippen molar-refractivity contribution in [2.24, 2.45) is 0 Å². The third-order valence-corrected chi connectivity index (χ3v) is 8.53. The maximum Gasteiger partial charge on any atom is 0.317 e. The second kappa shape index (κ2) is 17.4. The number of anilines is 1. The minimum atomic E-state index is -0.174. The van der Waals surface area contributed by atoms with Crippen molar-refractivity contribution in [3.63, 3.8) is 0 Å². The Morgan fingerprint density at radius 3 is 2.02 bits per heavy atom. The van der Waals surface area contributed by atoms with Crippen molar-refractivity contribution in [2.75, 3.05) is 44.3 Å². The van der Waals surface area contributed by atoms with Gasteiger partial charge in [-0.3, -0.25) is 9.89 Å². The monoisotopic (exact) mass is 571 g/mol. The van der Waals surface area contributed by atoms with Crippen molar-refractivity contribution in [1.82, 2.24) is 29.8 Å².